The van der Waals surface area contributed by atoms with Crippen LogP contribution in [0.4, 0.5) is 5.82 Å². The fraction of sp³-hybridized carbons (Fsp3) is 0.619. The molecule has 29 heavy (non-hydrogen) atoms. The van der Waals surface area contributed by atoms with E-state index >= 15 is 0 Å². The lowest BCUT2D eigenvalue weighted by atomic mass is 9.92. The number of hydrogen-bond acceptors (Lipinski definition) is 6. The van der Waals surface area contributed by atoms with Crippen molar-refractivity contribution >= 4 is 23.5 Å². The zero-order chi connectivity index (χ0) is 20.2. The minimum atomic E-state index is -0.299. The van der Waals surface area contributed by atoms with Gasteiger partial charge in [-0.1, -0.05) is 6.07 Å². The van der Waals surface area contributed by atoms with E-state index in [1.54, 1.807) is 6.20 Å². The van der Waals surface area contributed by atoms with Crippen LogP contribution in [0.25, 0.3) is 0 Å². The molecule has 0 saturated carbocycles. The maximum atomic E-state index is 12.5. The smallest absolute Gasteiger partial charge is 0.236 e. The highest BCUT2D eigenvalue weighted by molar-refractivity contribution is 6.00. The molecule has 0 radical (unpaired) electrons. The maximum absolute atomic E-state index is 12.5. The number of piperazine rings is 1. The monoisotopic (exact) mass is 399 g/mol. The van der Waals surface area contributed by atoms with Gasteiger partial charge in [0.1, 0.15) is 5.82 Å². The van der Waals surface area contributed by atoms with Crippen LogP contribution in [0.1, 0.15) is 43.6 Å². The molecular weight excluding hydrogens is 370 g/mol. The second-order valence-electron chi connectivity index (χ2n) is 8.16. The van der Waals surface area contributed by atoms with Gasteiger partial charge in [0.25, 0.3) is 0 Å². The number of carbonyl (C=O) groups excluding carboxylic acids is 3. The molecule has 8 heteroatoms. The molecule has 8 nitrogen and oxygen atoms in total. The van der Waals surface area contributed by atoms with Crippen molar-refractivity contribution in [2.75, 3.05) is 50.7 Å². The number of hydrogen-bond donors (Lipinski definition) is 1. The van der Waals surface area contributed by atoms with E-state index in [2.05, 4.69) is 20.1 Å². The summed E-state index contributed by atoms with van der Waals surface area (Å²) in [6, 6.07) is 3.89. The van der Waals surface area contributed by atoms with Gasteiger partial charge in [-0.15, -0.1) is 0 Å². The number of amides is 3. The minimum Gasteiger partial charge on any atom is -0.354 e. The zero-order valence-corrected chi connectivity index (χ0v) is 16.8. The predicted octanol–water partition coefficient (Wildman–Crippen LogP) is 0.736. The molecule has 3 aliphatic heterocycles. The Labute approximate surface area is 171 Å². The van der Waals surface area contributed by atoms with Crippen molar-refractivity contribution in [2.24, 2.45) is 0 Å². The molecule has 1 aromatic rings. The van der Waals surface area contributed by atoms with E-state index < -0.39 is 0 Å². The quantitative estimate of drug-likeness (QED) is 0.752. The van der Waals surface area contributed by atoms with Crippen molar-refractivity contribution in [1.82, 2.24) is 20.1 Å². The van der Waals surface area contributed by atoms with Gasteiger partial charge in [-0.3, -0.25) is 24.6 Å². The molecule has 4 rings (SSSR count). The first-order valence-electron chi connectivity index (χ1n) is 10.6. The summed E-state index contributed by atoms with van der Waals surface area (Å²) >= 11 is 0. The number of anilines is 1. The van der Waals surface area contributed by atoms with E-state index in [1.807, 2.05) is 17.0 Å². The first-order valence-corrected chi connectivity index (χ1v) is 10.6. The first-order chi connectivity index (χ1) is 14.1. The molecule has 0 bridgehead atoms. The average molecular weight is 399 g/mol. The van der Waals surface area contributed by atoms with Crippen molar-refractivity contribution in [3.05, 3.63) is 23.9 Å². The third-order valence-corrected chi connectivity index (χ3v) is 6.18. The van der Waals surface area contributed by atoms with Crippen molar-refractivity contribution in [1.29, 1.82) is 0 Å². The van der Waals surface area contributed by atoms with E-state index in [1.165, 1.54) is 6.42 Å². The molecule has 3 aliphatic rings. The molecule has 4 heterocycles. The summed E-state index contributed by atoms with van der Waals surface area (Å²) in [6.07, 6.45) is 6.14. The van der Waals surface area contributed by atoms with E-state index in [0.717, 1.165) is 63.5 Å². The molecule has 3 amide bonds. The number of piperidine rings is 2. The summed E-state index contributed by atoms with van der Waals surface area (Å²) < 4.78 is 0. The topological polar surface area (TPSA) is 85.9 Å². The molecule has 0 aromatic carbocycles. The molecular formula is C21H29N5O3. The Hall–Kier alpha value is -2.48. The zero-order valence-electron chi connectivity index (χ0n) is 16.8. The maximum Gasteiger partial charge on any atom is 0.236 e. The van der Waals surface area contributed by atoms with Gasteiger partial charge in [-0.2, -0.15) is 0 Å². The van der Waals surface area contributed by atoms with Crippen LogP contribution in [0.3, 0.4) is 0 Å². The molecule has 3 saturated heterocycles. The van der Waals surface area contributed by atoms with Gasteiger partial charge in [-0.05, 0) is 37.3 Å². The lowest BCUT2D eigenvalue weighted by Crippen LogP contribution is -2.50. The number of imide groups is 1. The first kappa shape index (κ1) is 19.8. The van der Waals surface area contributed by atoms with Gasteiger partial charge >= 0.3 is 0 Å². The summed E-state index contributed by atoms with van der Waals surface area (Å²) in [7, 11) is 0. The third kappa shape index (κ3) is 4.75. The van der Waals surface area contributed by atoms with Gasteiger partial charge in [0.05, 0.1) is 12.5 Å². The third-order valence-electron chi connectivity index (χ3n) is 6.18. The van der Waals surface area contributed by atoms with E-state index in [9.17, 15) is 14.4 Å². The lowest BCUT2D eigenvalue weighted by molar-refractivity contribution is -0.135. The molecule has 1 atom stereocenters. The fourth-order valence-electron chi connectivity index (χ4n) is 4.37. The second kappa shape index (κ2) is 8.90. The highest BCUT2D eigenvalue weighted by atomic mass is 16.2. The van der Waals surface area contributed by atoms with Gasteiger partial charge in [-0.25, -0.2) is 4.98 Å². The van der Waals surface area contributed by atoms with Crippen LogP contribution < -0.4 is 10.2 Å². The summed E-state index contributed by atoms with van der Waals surface area (Å²) in [6.45, 7) is 5.67. The second-order valence-corrected chi connectivity index (χ2v) is 8.16. The Bertz CT molecular complexity index is 752. The molecule has 1 aromatic heterocycles. The Kier molecular flexibility index (Phi) is 6.08. The minimum absolute atomic E-state index is 0.201. The van der Waals surface area contributed by atoms with Crippen LogP contribution in [-0.4, -0.2) is 78.3 Å². The average Bonchev–Trinajstić information content (AvgIpc) is 2.75. The van der Waals surface area contributed by atoms with Crippen LogP contribution in [-0.2, 0) is 14.4 Å². The Morgan fingerprint density at radius 1 is 1.03 bits per heavy atom. The van der Waals surface area contributed by atoms with Crippen molar-refractivity contribution < 1.29 is 14.4 Å². The van der Waals surface area contributed by atoms with Gasteiger partial charge in [0.15, 0.2) is 0 Å². The van der Waals surface area contributed by atoms with E-state index in [4.69, 9.17) is 0 Å². The predicted molar refractivity (Wildman–Crippen MR) is 108 cm³/mol. The normalized spacial score (nSPS) is 23.8. The van der Waals surface area contributed by atoms with Crippen LogP contribution >= 0.6 is 0 Å². The number of nitrogens with zero attached hydrogens (tertiary/aromatic N) is 4. The highest BCUT2D eigenvalue weighted by Crippen LogP contribution is 2.25. The number of carbonyl (C=O) groups is 3. The largest absolute Gasteiger partial charge is 0.354 e. The molecule has 1 N–H and O–H groups in total. The van der Waals surface area contributed by atoms with Crippen LogP contribution in [0, 0.1) is 0 Å². The summed E-state index contributed by atoms with van der Waals surface area (Å²) in [4.78, 5) is 46.8. The molecule has 0 aliphatic carbocycles. The van der Waals surface area contributed by atoms with Crippen molar-refractivity contribution in [3.63, 3.8) is 0 Å². The Morgan fingerprint density at radius 3 is 2.45 bits per heavy atom. The number of aromatic nitrogens is 1. The van der Waals surface area contributed by atoms with Crippen molar-refractivity contribution in [2.45, 2.75) is 38.0 Å². The highest BCUT2D eigenvalue weighted by Gasteiger charge is 2.28. The van der Waals surface area contributed by atoms with Crippen LogP contribution in [0.5, 0.6) is 0 Å². The Morgan fingerprint density at radius 2 is 1.79 bits per heavy atom. The molecule has 3 fully saturated rings. The van der Waals surface area contributed by atoms with Crippen molar-refractivity contribution in [3.8, 4) is 0 Å². The molecule has 1 unspecified atom stereocenters. The summed E-state index contributed by atoms with van der Waals surface area (Å²) in [5.41, 5.74) is 0.851. The summed E-state index contributed by atoms with van der Waals surface area (Å²) in [5.74, 6) is 0.412. The number of nitrogens with one attached hydrogen (secondary N) is 1. The molecule has 156 valence electrons. The van der Waals surface area contributed by atoms with E-state index in [0.29, 0.717) is 19.4 Å². The lowest BCUT2D eigenvalue weighted by Gasteiger charge is -2.36. The molecule has 0 spiro atoms. The SMILES string of the molecule is O=C1CCC(c2ccc(N3CCN(CC(=O)N4CCCCC4)CC3)nc2)C(=O)N1. The fourth-order valence-corrected chi connectivity index (χ4v) is 4.37. The Balaban J connectivity index is 1.28. The summed E-state index contributed by atoms with van der Waals surface area (Å²) in [5, 5.41) is 2.40. The van der Waals surface area contributed by atoms with Gasteiger partial charge in [0, 0.05) is 51.9 Å². The standard InChI is InChI=1S/C21H29N5O3/c27-19-7-5-17(21(29)23-19)16-4-6-18(22-14-16)25-12-10-24(11-13-25)15-20(28)26-8-2-1-3-9-26/h4,6,14,17H,1-3,5,7-13,15H2,(H,23,27,29). The number of pyridine rings is 1. The van der Waals surface area contributed by atoms with E-state index in [-0.39, 0.29) is 23.6 Å². The van der Waals surface area contributed by atoms with Crippen LogP contribution in [0.2, 0.25) is 0 Å². The van der Waals surface area contributed by atoms with Gasteiger partial charge < -0.3 is 9.80 Å². The van der Waals surface area contributed by atoms with Gasteiger partial charge in [0.2, 0.25) is 17.7 Å². The number of likely N-dealkylation sites (tertiary alicyclic amines) is 1. The van der Waals surface area contributed by atoms with Crippen LogP contribution in [0.15, 0.2) is 18.3 Å². The number of rotatable bonds is 4.